The van der Waals surface area contributed by atoms with E-state index in [1.54, 1.807) is 0 Å². The summed E-state index contributed by atoms with van der Waals surface area (Å²) >= 11 is 0. The van der Waals surface area contributed by atoms with E-state index in [2.05, 4.69) is 0 Å². The first kappa shape index (κ1) is 8.20. The summed E-state index contributed by atoms with van der Waals surface area (Å²) in [4.78, 5) is 10.4. The van der Waals surface area contributed by atoms with Gasteiger partial charge in [-0.15, -0.1) is 0 Å². The molecule has 0 unspecified atom stereocenters. The fourth-order valence-corrected chi connectivity index (χ4v) is 1.17. The first-order valence-corrected chi connectivity index (χ1v) is 3.40. The van der Waals surface area contributed by atoms with Crippen molar-refractivity contribution in [3.05, 3.63) is 11.6 Å². The van der Waals surface area contributed by atoms with Crippen LogP contribution in [0.15, 0.2) is 11.6 Å². The van der Waals surface area contributed by atoms with E-state index in [9.17, 15) is 9.18 Å². The van der Waals surface area contributed by atoms with Crippen molar-refractivity contribution in [3.63, 3.8) is 0 Å². The highest BCUT2D eigenvalue weighted by Gasteiger charge is 2.27. The summed E-state index contributed by atoms with van der Waals surface area (Å²) in [6.07, 6.45) is 1.68. The van der Waals surface area contributed by atoms with Crippen LogP contribution in [-0.4, -0.2) is 23.8 Å². The van der Waals surface area contributed by atoms with Crippen LogP contribution in [0.3, 0.4) is 0 Å². The van der Waals surface area contributed by atoms with Crippen molar-refractivity contribution in [1.82, 2.24) is 0 Å². The fourth-order valence-electron chi connectivity index (χ4n) is 1.17. The van der Waals surface area contributed by atoms with Gasteiger partial charge in [0.05, 0.1) is 6.67 Å². The van der Waals surface area contributed by atoms with Crippen LogP contribution >= 0.6 is 0 Å². The number of nitrogens with two attached hydrogens (primary N) is 1. The number of carboxylic acid groups (broad SMARTS) is 1. The minimum Gasteiger partial charge on any atom is -0.478 e. The van der Waals surface area contributed by atoms with E-state index in [1.165, 1.54) is 6.08 Å². The maximum absolute atomic E-state index is 12.1. The summed E-state index contributed by atoms with van der Waals surface area (Å²) in [6, 6.07) is -0.425. The van der Waals surface area contributed by atoms with Crippen molar-refractivity contribution < 1.29 is 14.3 Å². The van der Waals surface area contributed by atoms with Gasteiger partial charge in [0, 0.05) is 17.5 Å². The minimum absolute atomic E-state index is 0.236. The van der Waals surface area contributed by atoms with Crippen molar-refractivity contribution in [2.45, 2.75) is 12.5 Å². The van der Waals surface area contributed by atoms with Gasteiger partial charge >= 0.3 is 5.97 Å². The SMILES string of the molecule is N[C@H]1C=C(C(=O)O)C[C@H]1CF. The Balaban J connectivity index is 2.63. The Morgan fingerprint density at radius 1 is 1.91 bits per heavy atom. The van der Waals surface area contributed by atoms with Crippen molar-refractivity contribution in [2.75, 3.05) is 6.67 Å². The Labute approximate surface area is 63.7 Å². The van der Waals surface area contributed by atoms with E-state index in [1.807, 2.05) is 0 Å². The number of hydrogen-bond acceptors (Lipinski definition) is 2. The van der Waals surface area contributed by atoms with Gasteiger partial charge in [-0.25, -0.2) is 4.79 Å². The molecule has 0 amide bonds. The second-order valence-electron chi connectivity index (χ2n) is 2.69. The summed E-state index contributed by atoms with van der Waals surface area (Å²) in [5.74, 6) is -1.32. The van der Waals surface area contributed by atoms with E-state index in [-0.39, 0.29) is 17.9 Å². The molecule has 0 radical (unpaired) electrons. The van der Waals surface area contributed by atoms with Crippen LogP contribution < -0.4 is 5.73 Å². The lowest BCUT2D eigenvalue weighted by molar-refractivity contribution is -0.132. The van der Waals surface area contributed by atoms with Gasteiger partial charge in [0.2, 0.25) is 0 Å². The molecular formula is C7H10FNO2. The molecule has 1 aliphatic carbocycles. The number of carbonyl (C=O) groups is 1. The highest BCUT2D eigenvalue weighted by Crippen LogP contribution is 2.24. The number of aliphatic carboxylic acids is 1. The highest BCUT2D eigenvalue weighted by atomic mass is 19.1. The molecule has 0 bridgehead atoms. The Morgan fingerprint density at radius 3 is 2.82 bits per heavy atom. The van der Waals surface area contributed by atoms with Crippen LogP contribution in [0, 0.1) is 5.92 Å². The molecule has 11 heavy (non-hydrogen) atoms. The van der Waals surface area contributed by atoms with Gasteiger partial charge in [-0.05, 0) is 6.42 Å². The first-order chi connectivity index (χ1) is 5.15. The summed E-state index contributed by atoms with van der Waals surface area (Å²) in [5.41, 5.74) is 5.67. The minimum atomic E-state index is -0.989. The number of rotatable bonds is 2. The normalized spacial score (nSPS) is 30.2. The molecule has 3 nitrogen and oxygen atoms in total. The lowest BCUT2D eigenvalue weighted by Crippen LogP contribution is -2.25. The van der Waals surface area contributed by atoms with Crippen LogP contribution in [0.2, 0.25) is 0 Å². The van der Waals surface area contributed by atoms with Gasteiger partial charge in [0.25, 0.3) is 0 Å². The van der Waals surface area contributed by atoms with Crippen molar-refractivity contribution in [1.29, 1.82) is 0 Å². The highest BCUT2D eigenvalue weighted by molar-refractivity contribution is 5.87. The second kappa shape index (κ2) is 3.00. The van der Waals surface area contributed by atoms with Crippen molar-refractivity contribution in [2.24, 2.45) is 11.7 Å². The van der Waals surface area contributed by atoms with Gasteiger partial charge in [-0.1, -0.05) is 6.08 Å². The molecule has 0 heterocycles. The molecule has 1 rings (SSSR count). The first-order valence-electron chi connectivity index (χ1n) is 3.40. The number of hydrogen-bond donors (Lipinski definition) is 2. The van der Waals surface area contributed by atoms with Gasteiger partial charge in [-0.3, -0.25) is 4.39 Å². The Kier molecular flexibility index (Phi) is 2.24. The summed E-state index contributed by atoms with van der Waals surface area (Å²) in [7, 11) is 0. The van der Waals surface area contributed by atoms with Crippen LogP contribution in [0.1, 0.15) is 6.42 Å². The van der Waals surface area contributed by atoms with Gasteiger partial charge in [-0.2, -0.15) is 0 Å². The largest absolute Gasteiger partial charge is 0.478 e. The smallest absolute Gasteiger partial charge is 0.331 e. The van der Waals surface area contributed by atoms with Crippen LogP contribution in [0.25, 0.3) is 0 Å². The zero-order valence-corrected chi connectivity index (χ0v) is 5.96. The molecule has 0 saturated carbocycles. The van der Waals surface area contributed by atoms with Crippen molar-refractivity contribution in [3.8, 4) is 0 Å². The molecule has 1 aliphatic rings. The molecule has 0 spiro atoms. The van der Waals surface area contributed by atoms with Gasteiger partial charge in [0.1, 0.15) is 0 Å². The summed E-state index contributed by atoms with van der Waals surface area (Å²) in [6.45, 7) is -0.547. The molecule has 0 saturated heterocycles. The number of halogens is 1. The fraction of sp³-hybridized carbons (Fsp3) is 0.571. The van der Waals surface area contributed by atoms with Gasteiger partial charge in [0.15, 0.2) is 0 Å². The summed E-state index contributed by atoms with van der Waals surface area (Å²) < 4.78 is 12.1. The zero-order chi connectivity index (χ0) is 8.43. The van der Waals surface area contributed by atoms with E-state index >= 15 is 0 Å². The summed E-state index contributed by atoms with van der Waals surface area (Å²) in [5, 5.41) is 8.50. The molecule has 62 valence electrons. The Hall–Kier alpha value is -0.900. The van der Waals surface area contributed by atoms with Crippen LogP contribution in [-0.2, 0) is 4.79 Å². The molecular weight excluding hydrogens is 149 g/mol. The van der Waals surface area contributed by atoms with E-state index in [4.69, 9.17) is 10.8 Å². The molecule has 0 aromatic rings. The predicted molar refractivity (Wildman–Crippen MR) is 37.8 cm³/mol. The monoisotopic (exact) mass is 159 g/mol. The maximum Gasteiger partial charge on any atom is 0.331 e. The standard InChI is InChI=1S/C7H10FNO2/c8-3-5-1-4(7(10)11)2-6(5)9/h2,5-6H,1,3,9H2,(H,10,11)/t5-,6-/m0/s1. The third-order valence-corrected chi connectivity index (χ3v) is 1.89. The maximum atomic E-state index is 12.1. The Bertz CT molecular complexity index is 203. The average molecular weight is 159 g/mol. The molecule has 0 aromatic carbocycles. The zero-order valence-electron chi connectivity index (χ0n) is 5.96. The molecule has 0 aromatic heterocycles. The molecule has 4 heteroatoms. The molecule has 0 fully saturated rings. The molecule has 3 N–H and O–H groups in total. The lowest BCUT2D eigenvalue weighted by Gasteiger charge is -2.08. The second-order valence-corrected chi connectivity index (χ2v) is 2.69. The average Bonchev–Trinajstić information content (AvgIpc) is 2.31. The lowest BCUT2D eigenvalue weighted by atomic mass is 10.0. The van der Waals surface area contributed by atoms with E-state index < -0.39 is 18.7 Å². The number of alkyl halides is 1. The molecule has 2 atom stereocenters. The van der Waals surface area contributed by atoms with E-state index in [0.29, 0.717) is 0 Å². The van der Waals surface area contributed by atoms with Gasteiger partial charge < -0.3 is 10.8 Å². The predicted octanol–water partition coefficient (Wildman–Crippen LogP) is 0.314. The number of carboxylic acids is 1. The third kappa shape index (κ3) is 1.57. The topological polar surface area (TPSA) is 63.3 Å². The third-order valence-electron chi connectivity index (χ3n) is 1.89. The van der Waals surface area contributed by atoms with Crippen molar-refractivity contribution >= 4 is 5.97 Å². The van der Waals surface area contributed by atoms with E-state index in [0.717, 1.165) is 0 Å². The molecule has 0 aliphatic heterocycles. The van der Waals surface area contributed by atoms with Crippen LogP contribution in [0.5, 0.6) is 0 Å². The van der Waals surface area contributed by atoms with Crippen LogP contribution in [0.4, 0.5) is 4.39 Å². The quantitative estimate of drug-likeness (QED) is 0.609. The Morgan fingerprint density at radius 2 is 2.55 bits per heavy atom.